The molecule has 0 aromatic carbocycles. The van der Waals surface area contributed by atoms with Gasteiger partial charge in [0.1, 0.15) is 17.2 Å². The van der Waals surface area contributed by atoms with Crippen LogP contribution in [-0.4, -0.2) is 54.7 Å². The Kier molecular flexibility index (Phi) is 6.48. The number of likely N-dealkylation sites (tertiary alicyclic amines) is 1. The van der Waals surface area contributed by atoms with Crippen LogP contribution in [0.5, 0.6) is 0 Å². The number of anilines is 1. The minimum Gasteiger partial charge on any atom is -0.366 e. The smallest absolute Gasteiger partial charge is 0.366 e. The lowest BCUT2D eigenvalue weighted by Gasteiger charge is -2.32. The van der Waals surface area contributed by atoms with Crippen LogP contribution in [0.3, 0.4) is 0 Å². The largest absolute Gasteiger partial charge is 0.451 e. The second-order valence-corrected chi connectivity index (χ2v) is 9.08. The fraction of sp³-hybridized carbons (Fsp3) is 0.429. The van der Waals surface area contributed by atoms with Gasteiger partial charge in [0.15, 0.2) is 0 Å². The van der Waals surface area contributed by atoms with Crippen molar-refractivity contribution >= 4 is 33.9 Å². The van der Waals surface area contributed by atoms with E-state index in [4.69, 9.17) is 10.8 Å². The molecule has 0 amide bonds. The van der Waals surface area contributed by atoms with E-state index >= 15 is 0 Å². The van der Waals surface area contributed by atoms with E-state index in [1.807, 2.05) is 6.92 Å². The zero-order valence-corrected chi connectivity index (χ0v) is 18.9. The van der Waals surface area contributed by atoms with E-state index in [1.165, 1.54) is 30.5 Å². The molecule has 3 N–H and O–H groups in total. The van der Waals surface area contributed by atoms with Crippen molar-refractivity contribution in [3.63, 3.8) is 0 Å². The maximum Gasteiger partial charge on any atom is 0.451 e. The average molecular weight is 477 g/mol. The molecule has 2 aromatic rings. The summed E-state index contributed by atoms with van der Waals surface area (Å²) in [6.07, 6.45) is 1.09. The number of hydrogen-bond donors (Lipinski definition) is 3. The number of nitrogens with zero attached hydrogens (tertiary/aromatic N) is 5. The van der Waals surface area contributed by atoms with Gasteiger partial charge in [-0.25, -0.2) is 19.9 Å². The summed E-state index contributed by atoms with van der Waals surface area (Å²) < 4.78 is 37.9. The van der Waals surface area contributed by atoms with Crippen LogP contribution in [0.25, 0.3) is 5.57 Å². The Labute approximate surface area is 193 Å². The molecule has 2 aliphatic rings. The molecule has 174 valence electrons. The molecule has 4 heterocycles. The number of nitrogens with one attached hydrogen (secondary N) is 3. The van der Waals surface area contributed by atoms with Gasteiger partial charge in [-0.1, -0.05) is 11.8 Å². The highest BCUT2D eigenvalue weighted by Gasteiger charge is 2.34. The number of allylic oxidation sites excluding steroid dienone is 1. The van der Waals surface area contributed by atoms with Gasteiger partial charge in [-0.05, 0) is 32.3 Å². The minimum absolute atomic E-state index is 0.178. The molecule has 0 saturated carbocycles. The molecular formula is C21H23F3N8S. The highest BCUT2D eigenvalue weighted by Crippen LogP contribution is 2.44. The Balaban J connectivity index is 1.38. The maximum absolute atomic E-state index is 12.6. The summed E-state index contributed by atoms with van der Waals surface area (Å²) in [6, 6.07) is 0.178. The summed E-state index contributed by atoms with van der Waals surface area (Å²) in [5.41, 5.74) is 3.15. The summed E-state index contributed by atoms with van der Waals surface area (Å²) in [7, 11) is 0. The molecular weight excluding hydrogens is 453 g/mol. The molecule has 0 aliphatic carbocycles. The summed E-state index contributed by atoms with van der Waals surface area (Å²) in [5.74, 6) is -0.434. The van der Waals surface area contributed by atoms with Crippen molar-refractivity contribution in [1.29, 1.82) is 10.8 Å². The number of alkyl halides is 3. The lowest BCUT2D eigenvalue weighted by Crippen LogP contribution is -2.39. The Morgan fingerprint density at radius 2 is 1.82 bits per heavy atom. The molecule has 2 aliphatic heterocycles. The summed E-state index contributed by atoms with van der Waals surface area (Å²) in [5, 5.41) is 20.1. The zero-order chi connectivity index (χ0) is 23.8. The van der Waals surface area contributed by atoms with Crippen molar-refractivity contribution in [1.82, 2.24) is 24.8 Å². The van der Waals surface area contributed by atoms with Crippen LogP contribution in [0.15, 0.2) is 29.2 Å². The van der Waals surface area contributed by atoms with E-state index in [2.05, 4.69) is 30.2 Å². The third-order valence-corrected chi connectivity index (χ3v) is 6.70. The molecule has 8 nitrogen and oxygen atoms in total. The summed E-state index contributed by atoms with van der Waals surface area (Å²) in [4.78, 5) is 18.6. The van der Waals surface area contributed by atoms with Crippen LogP contribution in [0.1, 0.15) is 43.8 Å². The van der Waals surface area contributed by atoms with Crippen LogP contribution in [0.2, 0.25) is 0 Å². The van der Waals surface area contributed by atoms with Gasteiger partial charge in [-0.2, -0.15) is 13.2 Å². The van der Waals surface area contributed by atoms with E-state index in [-0.39, 0.29) is 6.04 Å². The zero-order valence-electron chi connectivity index (χ0n) is 18.1. The average Bonchev–Trinajstić information content (AvgIpc) is 3.11. The quantitative estimate of drug-likeness (QED) is 0.553. The van der Waals surface area contributed by atoms with Gasteiger partial charge in [0.2, 0.25) is 5.82 Å². The first-order valence-corrected chi connectivity index (χ1v) is 11.2. The third kappa shape index (κ3) is 5.06. The molecule has 0 unspecified atom stereocenters. The number of rotatable bonds is 5. The number of thioether (sulfide) groups is 1. The summed E-state index contributed by atoms with van der Waals surface area (Å²) >= 11 is 1.30. The van der Waals surface area contributed by atoms with Crippen LogP contribution in [0, 0.1) is 10.8 Å². The van der Waals surface area contributed by atoms with Crippen LogP contribution < -0.4 is 5.32 Å². The van der Waals surface area contributed by atoms with Gasteiger partial charge >= 0.3 is 6.18 Å². The molecule has 12 heteroatoms. The minimum atomic E-state index is -4.53. The van der Waals surface area contributed by atoms with Gasteiger partial charge in [0, 0.05) is 54.9 Å². The maximum atomic E-state index is 12.6. The number of halogens is 3. The van der Waals surface area contributed by atoms with Gasteiger partial charge < -0.3 is 10.7 Å². The van der Waals surface area contributed by atoms with Crippen LogP contribution in [0.4, 0.5) is 19.0 Å². The molecule has 0 radical (unpaired) electrons. The summed E-state index contributed by atoms with van der Waals surface area (Å²) in [6.45, 7) is 5.56. The molecule has 2 aromatic heterocycles. The Hall–Kier alpha value is -2.86. The Bertz CT molecular complexity index is 1110. The van der Waals surface area contributed by atoms with Crippen molar-refractivity contribution in [3.05, 3.63) is 41.4 Å². The normalized spacial score (nSPS) is 18.9. The fourth-order valence-electron chi connectivity index (χ4n) is 3.82. The molecule has 1 fully saturated rings. The third-order valence-electron chi connectivity index (χ3n) is 5.70. The van der Waals surface area contributed by atoms with Gasteiger partial charge in [0.05, 0.1) is 10.6 Å². The molecule has 1 saturated heterocycles. The van der Waals surface area contributed by atoms with Gasteiger partial charge in [-0.3, -0.25) is 10.3 Å². The SMILES string of the molecule is CC(=N)/C(C)=C1\C(=N)Sc2c(NC3CCN(Cc4cnc(C(F)(F)F)nc4)CC3)ncnc21. The first-order chi connectivity index (χ1) is 15.6. The highest BCUT2D eigenvalue weighted by atomic mass is 32.2. The van der Waals surface area contributed by atoms with E-state index in [0.717, 1.165) is 36.4 Å². The van der Waals surface area contributed by atoms with Gasteiger partial charge in [-0.15, -0.1) is 0 Å². The number of hydrogen-bond acceptors (Lipinski definition) is 9. The fourth-order valence-corrected chi connectivity index (χ4v) is 4.83. The first kappa shape index (κ1) is 23.3. The van der Waals surface area contributed by atoms with Crippen molar-refractivity contribution in [2.24, 2.45) is 0 Å². The standard InChI is InChI=1S/C21H23F3N8S/c1-11(12(2)25)15-16-17(33-18(15)26)19(30-10-29-16)31-14-3-5-32(6-4-14)9-13-7-27-20(28-8-13)21(22,23)24/h7-8,10,14,25-26H,3-6,9H2,1-2H3,(H,29,30,31)/b15-11-,25-12?,26-18?. The van der Waals surface area contributed by atoms with Crippen molar-refractivity contribution in [2.75, 3.05) is 18.4 Å². The lowest BCUT2D eigenvalue weighted by molar-refractivity contribution is -0.145. The molecule has 0 bridgehead atoms. The second kappa shape index (κ2) is 9.18. The molecule has 33 heavy (non-hydrogen) atoms. The van der Waals surface area contributed by atoms with E-state index in [1.54, 1.807) is 6.92 Å². The molecule has 4 rings (SSSR count). The van der Waals surface area contributed by atoms with Crippen molar-refractivity contribution in [3.8, 4) is 0 Å². The Morgan fingerprint density at radius 3 is 2.42 bits per heavy atom. The Morgan fingerprint density at radius 1 is 1.15 bits per heavy atom. The van der Waals surface area contributed by atoms with E-state index in [0.29, 0.717) is 39.9 Å². The van der Waals surface area contributed by atoms with E-state index < -0.39 is 12.0 Å². The monoisotopic (exact) mass is 476 g/mol. The van der Waals surface area contributed by atoms with Crippen LogP contribution in [-0.2, 0) is 12.7 Å². The first-order valence-electron chi connectivity index (χ1n) is 10.4. The number of fused-ring (bicyclic) bond motifs is 1. The predicted molar refractivity (Wildman–Crippen MR) is 121 cm³/mol. The van der Waals surface area contributed by atoms with E-state index in [9.17, 15) is 13.2 Å². The topological polar surface area (TPSA) is 115 Å². The molecule has 0 spiro atoms. The predicted octanol–water partition coefficient (Wildman–Crippen LogP) is 4.26. The highest BCUT2D eigenvalue weighted by molar-refractivity contribution is 8.15. The second-order valence-electron chi connectivity index (χ2n) is 8.06. The van der Waals surface area contributed by atoms with Gasteiger partial charge in [0.25, 0.3) is 0 Å². The number of aromatic nitrogens is 4. The van der Waals surface area contributed by atoms with Crippen molar-refractivity contribution < 1.29 is 13.2 Å². The van der Waals surface area contributed by atoms with Crippen molar-refractivity contribution in [2.45, 2.75) is 50.3 Å². The molecule has 0 atom stereocenters. The number of piperidine rings is 1. The lowest BCUT2D eigenvalue weighted by atomic mass is 10.0. The van der Waals surface area contributed by atoms with Crippen LogP contribution >= 0.6 is 11.8 Å².